The summed E-state index contributed by atoms with van der Waals surface area (Å²) < 4.78 is 0. The van der Waals surface area contributed by atoms with Crippen molar-refractivity contribution in [2.45, 2.75) is 20.3 Å². The fraction of sp³-hybridized carbons (Fsp3) is 0.562. The first kappa shape index (κ1) is 13.0. The summed E-state index contributed by atoms with van der Waals surface area (Å²) >= 11 is 2.05. The summed E-state index contributed by atoms with van der Waals surface area (Å²) in [4.78, 5) is 14.5. The molecule has 0 N–H and O–H groups in total. The van der Waals surface area contributed by atoms with Crippen LogP contribution in [0.15, 0.2) is 18.2 Å². The summed E-state index contributed by atoms with van der Waals surface area (Å²) in [5, 5.41) is 0. The summed E-state index contributed by atoms with van der Waals surface area (Å²) in [6.07, 6.45) is 0.565. The number of carbonyl (C=O) groups excluding carboxylic acids is 1. The normalized spacial score (nSPS) is 25.7. The first-order valence-electron chi connectivity index (χ1n) is 7.04. The quantitative estimate of drug-likeness (QED) is 0.827. The van der Waals surface area contributed by atoms with Crippen LogP contribution in [-0.2, 0) is 11.2 Å². The number of amides is 1. The second kappa shape index (κ2) is 5.20. The zero-order chi connectivity index (χ0) is 13.4. The van der Waals surface area contributed by atoms with E-state index in [0.29, 0.717) is 12.3 Å². The molecule has 1 aromatic carbocycles. The third kappa shape index (κ3) is 2.81. The lowest BCUT2D eigenvalue weighted by molar-refractivity contribution is -0.129. The van der Waals surface area contributed by atoms with Crippen LogP contribution in [0.1, 0.15) is 16.7 Å². The predicted molar refractivity (Wildman–Crippen MR) is 80.5 cm³/mol. The molecule has 3 heteroatoms. The lowest BCUT2D eigenvalue weighted by Crippen LogP contribution is -2.31. The number of hydrogen-bond donors (Lipinski definition) is 0. The van der Waals surface area contributed by atoms with Gasteiger partial charge in [0.15, 0.2) is 0 Å². The van der Waals surface area contributed by atoms with Crippen molar-refractivity contribution >= 4 is 17.7 Å². The molecule has 0 spiro atoms. The highest BCUT2D eigenvalue weighted by Gasteiger charge is 2.38. The summed E-state index contributed by atoms with van der Waals surface area (Å²) in [7, 11) is 0. The Balaban J connectivity index is 1.65. The molecular formula is C16H21NOS. The number of likely N-dealkylation sites (tertiary alicyclic amines) is 1. The molecule has 2 fully saturated rings. The van der Waals surface area contributed by atoms with Gasteiger partial charge in [0.2, 0.25) is 5.91 Å². The maximum atomic E-state index is 12.4. The first-order chi connectivity index (χ1) is 9.11. The van der Waals surface area contributed by atoms with Gasteiger partial charge in [0.25, 0.3) is 0 Å². The van der Waals surface area contributed by atoms with Gasteiger partial charge in [-0.15, -0.1) is 0 Å². The van der Waals surface area contributed by atoms with Crippen LogP contribution >= 0.6 is 11.8 Å². The van der Waals surface area contributed by atoms with Gasteiger partial charge in [-0.25, -0.2) is 0 Å². The van der Waals surface area contributed by atoms with E-state index in [1.54, 1.807) is 0 Å². The SMILES string of the molecule is Cc1cc(C)cc(CC(=O)N2C[C@H]3CSC[C@H]3C2)c1. The van der Waals surface area contributed by atoms with E-state index in [1.165, 1.54) is 22.6 Å². The number of nitrogens with zero attached hydrogens (tertiary/aromatic N) is 1. The maximum absolute atomic E-state index is 12.4. The Morgan fingerprint density at radius 2 is 1.74 bits per heavy atom. The molecule has 0 bridgehead atoms. The number of aryl methyl sites for hydroxylation is 2. The number of carbonyl (C=O) groups is 1. The molecule has 2 saturated heterocycles. The third-order valence-corrected chi connectivity index (χ3v) is 5.56. The van der Waals surface area contributed by atoms with E-state index in [0.717, 1.165) is 30.5 Å². The number of thioether (sulfide) groups is 1. The van der Waals surface area contributed by atoms with Gasteiger partial charge in [-0.2, -0.15) is 11.8 Å². The Kier molecular flexibility index (Phi) is 3.57. The lowest BCUT2D eigenvalue weighted by Gasteiger charge is -2.17. The number of benzene rings is 1. The van der Waals surface area contributed by atoms with Crippen molar-refractivity contribution < 1.29 is 4.79 Å². The van der Waals surface area contributed by atoms with E-state index in [4.69, 9.17) is 0 Å². The van der Waals surface area contributed by atoms with Crippen molar-refractivity contribution in [2.75, 3.05) is 24.6 Å². The molecule has 3 rings (SSSR count). The summed E-state index contributed by atoms with van der Waals surface area (Å²) in [5.74, 6) is 4.32. The molecular weight excluding hydrogens is 254 g/mol. The van der Waals surface area contributed by atoms with Crippen LogP contribution < -0.4 is 0 Å². The second-order valence-electron chi connectivity index (χ2n) is 6.03. The Hall–Kier alpha value is -0.960. The van der Waals surface area contributed by atoms with Crippen LogP contribution in [0.2, 0.25) is 0 Å². The second-order valence-corrected chi connectivity index (χ2v) is 7.10. The fourth-order valence-electron chi connectivity index (χ4n) is 3.35. The van der Waals surface area contributed by atoms with Gasteiger partial charge in [0, 0.05) is 13.1 Å². The highest BCUT2D eigenvalue weighted by atomic mass is 32.2. The average molecular weight is 275 g/mol. The lowest BCUT2D eigenvalue weighted by atomic mass is 10.0. The Morgan fingerprint density at radius 1 is 1.16 bits per heavy atom. The zero-order valence-electron chi connectivity index (χ0n) is 11.7. The molecule has 1 amide bonds. The summed E-state index contributed by atoms with van der Waals surface area (Å²) in [6, 6.07) is 6.43. The van der Waals surface area contributed by atoms with E-state index >= 15 is 0 Å². The van der Waals surface area contributed by atoms with Gasteiger partial charge in [-0.1, -0.05) is 29.3 Å². The Morgan fingerprint density at radius 3 is 2.32 bits per heavy atom. The smallest absolute Gasteiger partial charge is 0.227 e. The fourth-order valence-corrected chi connectivity index (χ4v) is 4.85. The van der Waals surface area contributed by atoms with Crippen LogP contribution in [-0.4, -0.2) is 35.4 Å². The highest BCUT2D eigenvalue weighted by molar-refractivity contribution is 7.99. The summed E-state index contributed by atoms with van der Waals surface area (Å²) in [5.41, 5.74) is 3.66. The van der Waals surface area contributed by atoms with E-state index < -0.39 is 0 Å². The van der Waals surface area contributed by atoms with Crippen molar-refractivity contribution in [3.05, 3.63) is 34.9 Å². The third-order valence-electron chi connectivity index (χ3n) is 4.23. The molecule has 1 aromatic rings. The number of fused-ring (bicyclic) bond motifs is 1. The molecule has 0 radical (unpaired) electrons. The van der Waals surface area contributed by atoms with Crippen molar-refractivity contribution in [1.29, 1.82) is 0 Å². The minimum Gasteiger partial charge on any atom is -0.342 e. The molecule has 2 heterocycles. The van der Waals surface area contributed by atoms with Gasteiger partial charge in [-0.3, -0.25) is 4.79 Å². The van der Waals surface area contributed by atoms with E-state index in [-0.39, 0.29) is 0 Å². The van der Waals surface area contributed by atoms with Crippen molar-refractivity contribution in [3.63, 3.8) is 0 Å². The van der Waals surface area contributed by atoms with Crippen LogP contribution in [0.5, 0.6) is 0 Å². The van der Waals surface area contributed by atoms with Crippen LogP contribution in [0.3, 0.4) is 0 Å². The minimum atomic E-state index is 0.310. The maximum Gasteiger partial charge on any atom is 0.227 e. The molecule has 0 unspecified atom stereocenters. The highest BCUT2D eigenvalue weighted by Crippen LogP contribution is 2.36. The standard InChI is InChI=1S/C16H21NOS/c1-11-3-12(2)5-13(4-11)6-16(18)17-7-14-9-19-10-15(14)8-17/h3-5,14-15H,6-10H2,1-2H3/t14-,15+. The topological polar surface area (TPSA) is 20.3 Å². The van der Waals surface area contributed by atoms with E-state index in [2.05, 4.69) is 36.9 Å². The predicted octanol–water partition coefficient (Wildman–Crippen LogP) is 2.67. The summed E-state index contributed by atoms with van der Waals surface area (Å²) in [6.45, 7) is 6.17. The molecule has 102 valence electrons. The van der Waals surface area contributed by atoms with Gasteiger partial charge in [0.05, 0.1) is 6.42 Å². The molecule has 2 nitrogen and oxygen atoms in total. The Labute approximate surface area is 119 Å². The molecule has 2 aliphatic rings. The molecule has 0 aliphatic carbocycles. The van der Waals surface area contributed by atoms with Gasteiger partial charge in [0.1, 0.15) is 0 Å². The van der Waals surface area contributed by atoms with Crippen LogP contribution in [0, 0.1) is 25.7 Å². The zero-order valence-corrected chi connectivity index (χ0v) is 12.5. The van der Waals surface area contributed by atoms with Crippen molar-refractivity contribution in [1.82, 2.24) is 4.90 Å². The van der Waals surface area contributed by atoms with Crippen molar-refractivity contribution in [3.8, 4) is 0 Å². The molecule has 0 saturated carbocycles. The molecule has 2 atom stereocenters. The first-order valence-corrected chi connectivity index (χ1v) is 8.20. The molecule has 2 aliphatic heterocycles. The van der Waals surface area contributed by atoms with Gasteiger partial charge in [-0.05, 0) is 42.8 Å². The average Bonchev–Trinajstić information content (AvgIpc) is 2.86. The van der Waals surface area contributed by atoms with Gasteiger partial charge < -0.3 is 4.90 Å². The monoisotopic (exact) mass is 275 g/mol. The van der Waals surface area contributed by atoms with E-state index in [9.17, 15) is 4.79 Å². The van der Waals surface area contributed by atoms with E-state index in [1.807, 2.05) is 11.8 Å². The molecule has 19 heavy (non-hydrogen) atoms. The number of hydrogen-bond acceptors (Lipinski definition) is 2. The number of rotatable bonds is 2. The Bertz CT molecular complexity index is 467. The molecule has 0 aromatic heterocycles. The minimum absolute atomic E-state index is 0.310. The van der Waals surface area contributed by atoms with Crippen LogP contribution in [0.25, 0.3) is 0 Å². The van der Waals surface area contributed by atoms with Gasteiger partial charge >= 0.3 is 0 Å². The van der Waals surface area contributed by atoms with Crippen LogP contribution in [0.4, 0.5) is 0 Å². The largest absolute Gasteiger partial charge is 0.342 e. The van der Waals surface area contributed by atoms with Crippen molar-refractivity contribution in [2.24, 2.45) is 11.8 Å².